The van der Waals surface area contributed by atoms with Gasteiger partial charge in [-0.05, 0) is 31.0 Å². The quantitative estimate of drug-likeness (QED) is 0.680. The van der Waals surface area contributed by atoms with E-state index in [4.69, 9.17) is 0 Å². The first kappa shape index (κ1) is 13.2. The lowest BCUT2D eigenvalue weighted by Gasteiger charge is -2.00. The van der Waals surface area contributed by atoms with Crippen molar-refractivity contribution in [3.63, 3.8) is 0 Å². The Kier molecular flexibility index (Phi) is 3.52. The van der Waals surface area contributed by atoms with Crippen LogP contribution in [0.25, 0.3) is 0 Å². The Morgan fingerprint density at radius 2 is 2.15 bits per heavy atom. The minimum absolute atomic E-state index is 0.0903. The lowest BCUT2D eigenvalue weighted by molar-refractivity contribution is 0.102. The Bertz CT molecular complexity index is 655. The number of hydrogen-bond acceptors (Lipinski definition) is 4. The minimum Gasteiger partial charge on any atom is -0.293 e. The molecule has 1 saturated carbocycles. The van der Waals surface area contributed by atoms with Crippen molar-refractivity contribution in [1.29, 1.82) is 0 Å². The second kappa shape index (κ2) is 5.32. The van der Waals surface area contributed by atoms with Gasteiger partial charge in [0.2, 0.25) is 5.16 Å². The fraction of sp³-hybridized carbons (Fsp3) is 0.308. The molecule has 4 nitrogen and oxygen atoms in total. The fourth-order valence-corrected chi connectivity index (χ4v) is 2.44. The third-order valence-electron chi connectivity index (χ3n) is 3.02. The van der Waals surface area contributed by atoms with Crippen molar-refractivity contribution in [1.82, 2.24) is 15.2 Å². The van der Waals surface area contributed by atoms with Gasteiger partial charge in [0.1, 0.15) is 5.82 Å². The van der Waals surface area contributed by atoms with Crippen LogP contribution >= 0.6 is 11.8 Å². The average Bonchev–Trinajstić information content (AvgIpc) is 3.18. The first-order valence-corrected chi connectivity index (χ1v) is 7.15. The molecule has 0 unspecified atom stereocenters. The monoisotopic (exact) mass is 295 g/mol. The van der Waals surface area contributed by atoms with Crippen LogP contribution in [0.1, 0.15) is 34.9 Å². The molecule has 1 fully saturated rings. The van der Waals surface area contributed by atoms with E-state index in [1.54, 1.807) is 0 Å². The Hall–Kier alpha value is -1.76. The molecule has 0 atom stereocenters. The van der Waals surface area contributed by atoms with Gasteiger partial charge in [-0.15, -0.1) is 5.10 Å². The second-order valence-corrected chi connectivity index (χ2v) is 5.56. The predicted octanol–water partition coefficient (Wildman–Crippen LogP) is 2.94. The summed E-state index contributed by atoms with van der Waals surface area (Å²) >= 11 is 1.18. The summed E-state index contributed by atoms with van der Waals surface area (Å²) in [4.78, 5) is 16.1. The molecule has 2 aromatic rings. The Balaban J connectivity index is 1.61. The van der Waals surface area contributed by atoms with Gasteiger partial charge in [0.05, 0.1) is 5.75 Å². The van der Waals surface area contributed by atoms with Gasteiger partial charge in [-0.3, -0.25) is 9.89 Å². The highest BCUT2D eigenvalue weighted by molar-refractivity contribution is 7.99. The van der Waals surface area contributed by atoms with Gasteiger partial charge in [0.25, 0.3) is 0 Å². The fourth-order valence-electron chi connectivity index (χ4n) is 1.75. The largest absolute Gasteiger partial charge is 0.293 e. The molecule has 7 heteroatoms. The molecule has 1 N–H and O–H groups in total. The Labute approximate surface area is 118 Å². The predicted molar refractivity (Wildman–Crippen MR) is 69.8 cm³/mol. The van der Waals surface area contributed by atoms with Crippen LogP contribution in [0.2, 0.25) is 0 Å². The van der Waals surface area contributed by atoms with E-state index in [-0.39, 0.29) is 17.1 Å². The number of carbonyl (C=O) groups is 1. The number of hydrogen-bond donors (Lipinski definition) is 1. The van der Waals surface area contributed by atoms with Crippen LogP contribution in [0.4, 0.5) is 8.78 Å². The van der Waals surface area contributed by atoms with Crippen molar-refractivity contribution >= 4 is 17.5 Å². The van der Waals surface area contributed by atoms with Crippen LogP contribution in [0.15, 0.2) is 23.4 Å². The first-order chi connectivity index (χ1) is 9.63. The summed E-state index contributed by atoms with van der Waals surface area (Å²) in [5.74, 6) is -0.849. The summed E-state index contributed by atoms with van der Waals surface area (Å²) < 4.78 is 25.8. The van der Waals surface area contributed by atoms with Gasteiger partial charge >= 0.3 is 0 Å². The standard InChI is InChI=1S/C13H11F2N3OS/c14-9-4-3-8(5-10(9)15)11(19)6-20-13-16-12(17-18-13)7-1-2-7/h3-5,7H,1-2,6H2,(H,16,17,18). The highest BCUT2D eigenvalue weighted by atomic mass is 32.2. The van der Waals surface area contributed by atoms with Gasteiger partial charge in [-0.1, -0.05) is 11.8 Å². The van der Waals surface area contributed by atoms with Crippen LogP contribution in [-0.4, -0.2) is 26.7 Å². The number of rotatable bonds is 5. The zero-order valence-electron chi connectivity index (χ0n) is 10.4. The number of ketones is 1. The number of Topliss-reactive ketones (excluding diaryl/α,β-unsaturated/α-hetero) is 1. The molecule has 0 bridgehead atoms. The van der Waals surface area contributed by atoms with E-state index in [1.807, 2.05) is 0 Å². The highest BCUT2D eigenvalue weighted by Crippen LogP contribution is 2.38. The molecule has 0 saturated heterocycles. The summed E-state index contributed by atoms with van der Waals surface area (Å²) in [5.41, 5.74) is 0.148. The van der Waals surface area contributed by atoms with Crippen molar-refractivity contribution in [2.45, 2.75) is 23.9 Å². The van der Waals surface area contributed by atoms with E-state index < -0.39 is 11.6 Å². The lowest BCUT2D eigenvalue weighted by Crippen LogP contribution is -2.03. The topological polar surface area (TPSA) is 58.6 Å². The minimum atomic E-state index is -1.02. The van der Waals surface area contributed by atoms with E-state index in [1.165, 1.54) is 17.8 Å². The van der Waals surface area contributed by atoms with Crippen molar-refractivity contribution < 1.29 is 13.6 Å². The molecule has 0 aliphatic heterocycles. The summed E-state index contributed by atoms with van der Waals surface area (Å²) in [6, 6.07) is 3.13. The number of nitrogens with one attached hydrogen (secondary N) is 1. The number of nitrogens with zero attached hydrogens (tertiary/aromatic N) is 2. The zero-order chi connectivity index (χ0) is 14.1. The van der Waals surface area contributed by atoms with E-state index in [0.29, 0.717) is 11.1 Å². The molecule has 104 valence electrons. The van der Waals surface area contributed by atoms with Crippen molar-refractivity contribution in [2.75, 3.05) is 5.75 Å². The third-order valence-corrected chi connectivity index (χ3v) is 3.87. The van der Waals surface area contributed by atoms with Crippen LogP contribution in [0.5, 0.6) is 0 Å². The molecule has 20 heavy (non-hydrogen) atoms. The number of thioether (sulfide) groups is 1. The van der Waals surface area contributed by atoms with Gasteiger partial charge in [0.15, 0.2) is 17.4 Å². The van der Waals surface area contributed by atoms with Gasteiger partial charge in [0, 0.05) is 11.5 Å². The number of benzene rings is 1. The summed E-state index contributed by atoms with van der Waals surface area (Å²) in [5, 5.41) is 7.36. The number of aromatic amines is 1. The molecule has 3 rings (SSSR count). The summed E-state index contributed by atoms with van der Waals surface area (Å²) in [6.07, 6.45) is 2.24. The molecule has 1 aromatic carbocycles. The lowest BCUT2D eigenvalue weighted by atomic mass is 10.1. The van der Waals surface area contributed by atoms with Crippen LogP contribution in [0, 0.1) is 11.6 Å². The number of halogens is 2. The molecule has 0 amide bonds. The molecule has 1 aliphatic carbocycles. The third kappa shape index (κ3) is 2.87. The van der Waals surface area contributed by atoms with Crippen LogP contribution < -0.4 is 0 Å². The number of carbonyl (C=O) groups excluding carboxylic acids is 1. The van der Waals surface area contributed by atoms with Crippen molar-refractivity contribution in [3.8, 4) is 0 Å². The van der Waals surface area contributed by atoms with E-state index in [0.717, 1.165) is 30.8 Å². The molecular formula is C13H11F2N3OS. The maximum absolute atomic E-state index is 13.0. The molecule has 0 radical (unpaired) electrons. The smallest absolute Gasteiger partial charge is 0.208 e. The van der Waals surface area contributed by atoms with E-state index >= 15 is 0 Å². The van der Waals surface area contributed by atoms with Crippen LogP contribution in [0.3, 0.4) is 0 Å². The van der Waals surface area contributed by atoms with Gasteiger partial charge in [-0.2, -0.15) is 0 Å². The van der Waals surface area contributed by atoms with Crippen molar-refractivity contribution in [2.24, 2.45) is 0 Å². The number of H-pyrrole nitrogens is 1. The second-order valence-electron chi connectivity index (χ2n) is 4.62. The summed E-state index contributed by atoms with van der Waals surface area (Å²) in [7, 11) is 0. The normalized spacial score (nSPS) is 14.5. The molecule has 1 aromatic heterocycles. The maximum atomic E-state index is 13.0. The van der Waals surface area contributed by atoms with E-state index in [2.05, 4.69) is 15.2 Å². The summed E-state index contributed by atoms with van der Waals surface area (Å²) in [6.45, 7) is 0. The molecular weight excluding hydrogens is 284 g/mol. The van der Waals surface area contributed by atoms with E-state index in [9.17, 15) is 13.6 Å². The molecule has 1 heterocycles. The number of aromatic nitrogens is 3. The maximum Gasteiger partial charge on any atom is 0.208 e. The van der Waals surface area contributed by atoms with Gasteiger partial charge in [-0.25, -0.2) is 13.8 Å². The Morgan fingerprint density at radius 3 is 2.85 bits per heavy atom. The Morgan fingerprint density at radius 1 is 1.35 bits per heavy atom. The highest BCUT2D eigenvalue weighted by Gasteiger charge is 2.27. The van der Waals surface area contributed by atoms with Gasteiger partial charge < -0.3 is 0 Å². The first-order valence-electron chi connectivity index (χ1n) is 6.17. The SMILES string of the molecule is O=C(CSc1n[nH]c(C2CC2)n1)c1ccc(F)c(F)c1. The zero-order valence-corrected chi connectivity index (χ0v) is 11.2. The molecule has 1 aliphatic rings. The van der Waals surface area contributed by atoms with Crippen molar-refractivity contribution in [3.05, 3.63) is 41.2 Å². The molecule has 0 spiro atoms. The van der Waals surface area contributed by atoms with Crippen LogP contribution in [-0.2, 0) is 0 Å². The average molecular weight is 295 g/mol.